The maximum atomic E-state index is 13.5. The van der Waals surface area contributed by atoms with Gasteiger partial charge in [-0.2, -0.15) is 0 Å². The molecular weight excluding hydrogens is 452 g/mol. The second kappa shape index (κ2) is 7.44. The van der Waals surface area contributed by atoms with Crippen LogP contribution in [-0.2, 0) is 0 Å². The van der Waals surface area contributed by atoms with Crippen molar-refractivity contribution in [2.75, 3.05) is 19.3 Å². The van der Waals surface area contributed by atoms with Crippen LogP contribution < -0.4 is 11.1 Å². The first-order valence-corrected chi connectivity index (χ1v) is 8.82. The molecule has 0 radical (unpaired) electrons. The average Bonchev–Trinajstić information content (AvgIpc) is 3.17. The summed E-state index contributed by atoms with van der Waals surface area (Å²) in [6, 6.07) is 4.24. The molecule has 3 aromatic rings. The maximum Gasteiger partial charge on any atom is 0.446 e. The van der Waals surface area contributed by atoms with Crippen LogP contribution in [0.2, 0.25) is 0 Å². The lowest BCUT2D eigenvalue weighted by atomic mass is 10.3. The molecule has 1 N–H and O–H groups in total. The minimum absolute atomic E-state index is 0.149. The van der Waals surface area contributed by atoms with Gasteiger partial charge in [0, 0.05) is 12.3 Å². The van der Waals surface area contributed by atoms with E-state index in [1.807, 2.05) is 29.6 Å². The van der Waals surface area contributed by atoms with Crippen LogP contribution in [0.4, 0.5) is 4.39 Å². The fourth-order valence-electron chi connectivity index (χ4n) is 1.91. The third-order valence-corrected chi connectivity index (χ3v) is 4.80. The summed E-state index contributed by atoms with van der Waals surface area (Å²) in [5.41, 5.74) is 0.706. The molecule has 11 heteroatoms. The molecule has 0 atom stereocenters. The second-order valence-electron chi connectivity index (χ2n) is 4.58. The van der Waals surface area contributed by atoms with Gasteiger partial charge in [-0.3, -0.25) is 4.52 Å². The zero-order valence-electron chi connectivity index (χ0n) is 12.3. The third kappa shape index (κ3) is 3.37. The van der Waals surface area contributed by atoms with E-state index in [0.717, 1.165) is 12.3 Å². The molecule has 3 rings (SSSR count). The Bertz CT molecular complexity index is 909. The molecule has 8 nitrogen and oxygen atoms in total. The smallest absolute Gasteiger partial charge is 0.319 e. The lowest BCUT2D eigenvalue weighted by Gasteiger charge is -2.04. The lowest BCUT2D eigenvalue weighted by molar-refractivity contribution is 0.299. The second-order valence-corrected chi connectivity index (χ2v) is 6.82. The Labute approximate surface area is 152 Å². The minimum Gasteiger partial charge on any atom is -0.319 e. The van der Waals surface area contributed by atoms with Crippen molar-refractivity contribution in [3.8, 4) is 17.2 Å². The molecular formula is C13H11FIN5O3S. The van der Waals surface area contributed by atoms with Gasteiger partial charge in [0.15, 0.2) is 10.7 Å². The molecule has 0 unspecified atom stereocenters. The van der Waals surface area contributed by atoms with Gasteiger partial charge in [0.2, 0.25) is 5.82 Å². The normalized spacial score (nSPS) is 11.1. The molecule has 0 bridgehead atoms. The summed E-state index contributed by atoms with van der Waals surface area (Å²) in [5.74, 6) is -0.206. The molecule has 0 saturated heterocycles. The lowest BCUT2D eigenvalue weighted by Crippen LogP contribution is -2.14. The van der Waals surface area contributed by atoms with E-state index in [1.54, 1.807) is 0 Å². The number of nitrogens with one attached hydrogen (secondary N) is 1. The van der Waals surface area contributed by atoms with Crippen LogP contribution in [0.5, 0.6) is 0 Å². The van der Waals surface area contributed by atoms with Crippen molar-refractivity contribution < 1.29 is 13.5 Å². The highest BCUT2D eigenvalue weighted by Crippen LogP contribution is 2.28. The molecule has 0 aliphatic rings. The monoisotopic (exact) mass is 463 g/mol. The SMILES string of the molecule is CNCCSc1nonc1-c1noc(=O)n1-c1ccc(F)c(I)c1. The Hall–Kier alpha value is -1.73. The summed E-state index contributed by atoms with van der Waals surface area (Å²) < 4.78 is 24.6. The van der Waals surface area contributed by atoms with E-state index in [-0.39, 0.29) is 11.6 Å². The standard InChI is InChI=1S/C13H11FIN5O3S/c1-16-4-5-24-12-10(17-23-19-12)11-18-22-13(21)20(11)7-2-3-8(14)9(15)6-7/h2-3,6,16H,4-5H2,1H3. The van der Waals surface area contributed by atoms with E-state index in [2.05, 4.69) is 20.8 Å². The number of rotatable bonds is 6. The van der Waals surface area contributed by atoms with Gasteiger partial charge in [0.25, 0.3) is 0 Å². The molecule has 0 fully saturated rings. The van der Waals surface area contributed by atoms with Crippen LogP contribution in [0, 0.1) is 9.39 Å². The molecule has 126 valence electrons. The fraction of sp³-hybridized carbons (Fsp3) is 0.231. The summed E-state index contributed by atoms with van der Waals surface area (Å²) in [5, 5.41) is 14.9. The summed E-state index contributed by atoms with van der Waals surface area (Å²) in [7, 11) is 1.84. The summed E-state index contributed by atoms with van der Waals surface area (Å²) in [4.78, 5) is 12.0. The Kier molecular flexibility index (Phi) is 5.30. The van der Waals surface area contributed by atoms with Gasteiger partial charge in [-0.25, -0.2) is 18.4 Å². The van der Waals surface area contributed by atoms with Crippen molar-refractivity contribution in [2.24, 2.45) is 0 Å². The first-order valence-electron chi connectivity index (χ1n) is 6.76. The fourth-order valence-corrected chi connectivity index (χ4v) is 3.26. The van der Waals surface area contributed by atoms with Gasteiger partial charge in [-0.15, -0.1) is 0 Å². The Morgan fingerprint density at radius 2 is 2.21 bits per heavy atom. The van der Waals surface area contributed by atoms with Gasteiger partial charge >= 0.3 is 5.76 Å². The predicted octanol–water partition coefficient (Wildman–Crippen LogP) is 1.93. The number of aromatic nitrogens is 4. The largest absolute Gasteiger partial charge is 0.446 e. The van der Waals surface area contributed by atoms with Crippen molar-refractivity contribution in [1.29, 1.82) is 0 Å². The first kappa shape index (κ1) is 17.1. The average molecular weight is 463 g/mol. The van der Waals surface area contributed by atoms with Gasteiger partial charge in [-0.05, 0) is 58.2 Å². The highest BCUT2D eigenvalue weighted by atomic mass is 127. The first-order chi connectivity index (χ1) is 11.6. The molecule has 0 aliphatic heterocycles. The molecule has 24 heavy (non-hydrogen) atoms. The molecule has 2 heterocycles. The van der Waals surface area contributed by atoms with E-state index in [4.69, 9.17) is 9.15 Å². The van der Waals surface area contributed by atoms with Crippen LogP contribution in [0.15, 0.2) is 37.2 Å². The maximum absolute atomic E-state index is 13.5. The van der Waals surface area contributed by atoms with Crippen molar-refractivity contribution in [1.82, 2.24) is 25.4 Å². The molecule has 0 saturated carbocycles. The predicted molar refractivity (Wildman–Crippen MR) is 92.7 cm³/mol. The highest BCUT2D eigenvalue weighted by Gasteiger charge is 2.23. The molecule has 2 aromatic heterocycles. The zero-order chi connectivity index (χ0) is 17.1. The van der Waals surface area contributed by atoms with E-state index in [1.165, 1.54) is 34.5 Å². The molecule has 0 aliphatic carbocycles. The Morgan fingerprint density at radius 1 is 1.38 bits per heavy atom. The number of hydrogen-bond donors (Lipinski definition) is 1. The van der Waals surface area contributed by atoms with Crippen molar-refractivity contribution in [3.05, 3.63) is 38.1 Å². The van der Waals surface area contributed by atoms with Gasteiger partial charge in [0.1, 0.15) is 5.82 Å². The van der Waals surface area contributed by atoms with E-state index in [9.17, 15) is 9.18 Å². The van der Waals surface area contributed by atoms with Crippen LogP contribution >= 0.6 is 34.4 Å². The number of halogens is 2. The van der Waals surface area contributed by atoms with Gasteiger partial charge in [-0.1, -0.05) is 16.9 Å². The van der Waals surface area contributed by atoms with E-state index < -0.39 is 5.76 Å². The topological polar surface area (TPSA) is 99.0 Å². The number of hydrogen-bond acceptors (Lipinski definition) is 8. The molecule has 1 aromatic carbocycles. The molecule has 0 spiro atoms. The van der Waals surface area contributed by atoms with Crippen molar-refractivity contribution >= 4 is 34.4 Å². The van der Waals surface area contributed by atoms with Crippen LogP contribution in [0.25, 0.3) is 17.2 Å². The molecule has 0 amide bonds. The quantitative estimate of drug-likeness (QED) is 0.337. The summed E-state index contributed by atoms with van der Waals surface area (Å²) >= 11 is 3.25. The number of thioether (sulfide) groups is 1. The van der Waals surface area contributed by atoms with Crippen LogP contribution in [0.3, 0.4) is 0 Å². The van der Waals surface area contributed by atoms with Crippen LogP contribution in [-0.4, -0.2) is 39.4 Å². The van der Waals surface area contributed by atoms with Crippen molar-refractivity contribution in [3.63, 3.8) is 0 Å². The van der Waals surface area contributed by atoms with Crippen LogP contribution in [0.1, 0.15) is 0 Å². The number of benzene rings is 1. The Balaban J connectivity index is 2.04. The summed E-state index contributed by atoms with van der Waals surface area (Å²) in [6.07, 6.45) is 0. The number of nitrogens with zero attached hydrogens (tertiary/aromatic N) is 4. The third-order valence-electron chi connectivity index (χ3n) is 3.03. The van der Waals surface area contributed by atoms with Gasteiger partial charge in [0.05, 0.1) is 9.26 Å². The highest BCUT2D eigenvalue weighted by molar-refractivity contribution is 14.1. The zero-order valence-corrected chi connectivity index (χ0v) is 15.3. The minimum atomic E-state index is -0.707. The van der Waals surface area contributed by atoms with E-state index in [0.29, 0.717) is 20.0 Å². The van der Waals surface area contributed by atoms with E-state index >= 15 is 0 Å². The van der Waals surface area contributed by atoms with Crippen molar-refractivity contribution in [2.45, 2.75) is 5.03 Å². The summed E-state index contributed by atoms with van der Waals surface area (Å²) in [6.45, 7) is 0.763. The Morgan fingerprint density at radius 3 is 2.96 bits per heavy atom. The van der Waals surface area contributed by atoms with Gasteiger partial charge < -0.3 is 5.32 Å².